The predicted octanol–water partition coefficient (Wildman–Crippen LogP) is 1.01. The average molecular weight is 201 g/mol. The van der Waals surface area contributed by atoms with Gasteiger partial charge in [-0.15, -0.1) is 0 Å². The Morgan fingerprint density at radius 3 is 2.13 bits per heavy atom. The topological polar surface area (TPSA) is 90.7 Å². The van der Waals surface area contributed by atoms with Gasteiger partial charge in [-0.1, -0.05) is 0 Å². The lowest BCUT2D eigenvalue weighted by molar-refractivity contribution is 1.17. The van der Waals surface area contributed by atoms with Crippen molar-refractivity contribution < 1.29 is 0 Å². The number of nitrogens with zero attached hydrogens (tertiary/aromatic N) is 3. The standard InChI is InChI=1S/C10H11N5/c1-6-9(11)2-7(3-13-6)8-4-14-10(12)15-5-8/h2-5H,11H2,1H3,(H2,12,14,15). The number of aromatic nitrogens is 3. The van der Waals surface area contributed by atoms with E-state index in [0.717, 1.165) is 16.8 Å². The summed E-state index contributed by atoms with van der Waals surface area (Å²) in [6, 6.07) is 1.84. The summed E-state index contributed by atoms with van der Waals surface area (Å²) in [5, 5.41) is 0. The van der Waals surface area contributed by atoms with E-state index in [1.54, 1.807) is 18.6 Å². The van der Waals surface area contributed by atoms with Crippen LogP contribution in [0.15, 0.2) is 24.7 Å². The zero-order chi connectivity index (χ0) is 10.8. The van der Waals surface area contributed by atoms with Crippen molar-refractivity contribution in [1.82, 2.24) is 15.0 Å². The van der Waals surface area contributed by atoms with E-state index in [-0.39, 0.29) is 5.95 Å². The van der Waals surface area contributed by atoms with Gasteiger partial charge < -0.3 is 11.5 Å². The van der Waals surface area contributed by atoms with Gasteiger partial charge in [0, 0.05) is 29.7 Å². The van der Waals surface area contributed by atoms with Crippen molar-refractivity contribution in [2.75, 3.05) is 11.5 Å². The molecular weight excluding hydrogens is 190 g/mol. The number of rotatable bonds is 1. The molecule has 5 nitrogen and oxygen atoms in total. The molecule has 0 aliphatic carbocycles. The first-order valence-electron chi connectivity index (χ1n) is 4.47. The van der Waals surface area contributed by atoms with Gasteiger partial charge in [-0.3, -0.25) is 4.98 Å². The first-order valence-corrected chi connectivity index (χ1v) is 4.47. The molecule has 0 saturated heterocycles. The fourth-order valence-corrected chi connectivity index (χ4v) is 1.20. The van der Waals surface area contributed by atoms with E-state index >= 15 is 0 Å². The molecule has 0 amide bonds. The summed E-state index contributed by atoms with van der Waals surface area (Å²) in [4.78, 5) is 12.0. The molecule has 2 aromatic heterocycles. The Bertz CT molecular complexity index is 478. The fraction of sp³-hybridized carbons (Fsp3) is 0.100. The van der Waals surface area contributed by atoms with Crippen LogP contribution in [0.1, 0.15) is 5.69 Å². The molecule has 2 aromatic rings. The lowest BCUT2D eigenvalue weighted by Gasteiger charge is -2.03. The highest BCUT2D eigenvalue weighted by Gasteiger charge is 2.02. The summed E-state index contributed by atoms with van der Waals surface area (Å²) < 4.78 is 0. The molecule has 0 aliphatic heterocycles. The van der Waals surface area contributed by atoms with Crippen LogP contribution in [0, 0.1) is 6.92 Å². The molecule has 76 valence electrons. The Kier molecular flexibility index (Phi) is 2.21. The first-order chi connectivity index (χ1) is 7.16. The molecule has 0 spiro atoms. The molecule has 5 heteroatoms. The maximum absolute atomic E-state index is 5.76. The molecule has 0 radical (unpaired) electrons. The number of hydrogen-bond acceptors (Lipinski definition) is 5. The van der Waals surface area contributed by atoms with Crippen LogP contribution >= 0.6 is 0 Å². The Morgan fingerprint density at radius 1 is 0.933 bits per heavy atom. The smallest absolute Gasteiger partial charge is 0.219 e. The number of hydrogen-bond donors (Lipinski definition) is 2. The van der Waals surface area contributed by atoms with Gasteiger partial charge in [-0.05, 0) is 13.0 Å². The summed E-state index contributed by atoms with van der Waals surface area (Å²) >= 11 is 0. The zero-order valence-electron chi connectivity index (χ0n) is 8.31. The van der Waals surface area contributed by atoms with Crippen molar-refractivity contribution in [3.8, 4) is 11.1 Å². The lowest BCUT2D eigenvalue weighted by atomic mass is 10.1. The normalized spacial score (nSPS) is 10.2. The van der Waals surface area contributed by atoms with E-state index in [2.05, 4.69) is 15.0 Å². The maximum Gasteiger partial charge on any atom is 0.219 e. The number of nitrogen functional groups attached to an aromatic ring is 2. The summed E-state index contributed by atoms with van der Waals surface area (Å²) in [6.07, 6.45) is 5.03. The van der Waals surface area contributed by atoms with Crippen LogP contribution in [0.5, 0.6) is 0 Å². The van der Waals surface area contributed by atoms with Crippen molar-refractivity contribution in [2.45, 2.75) is 6.92 Å². The first kappa shape index (κ1) is 9.39. The Balaban J connectivity index is 2.45. The van der Waals surface area contributed by atoms with Crippen molar-refractivity contribution in [2.24, 2.45) is 0 Å². The monoisotopic (exact) mass is 201 g/mol. The second-order valence-electron chi connectivity index (χ2n) is 3.23. The van der Waals surface area contributed by atoms with Crippen LogP contribution in [-0.4, -0.2) is 15.0 Å². The van der Waals surface area contributed by atoms with Crippen LogP contribution in [0.3, 0.4) is 0 Å². The van der Waals surface area contributed by atoms with Gasteiger partial charge in [-0.2, -0.15) is 0 Å². The molecule has 2 heterocycles. The molecule has 2 rings (SSSR count). The highest BCUT2D eigenvalue weighted by molar-refractivity contribution is 5.65. The van der Waals surface area contributed by atoms with E-state index in [0.29, 0.717) is 5.69 Å². The van der Waals surface area contributed by atoms with Crippen LogP contribution in [0.4, 0.5) is 11.6 Å². The molecule has 4 N–H and O–H groups in total. The summed E-state index contributed by atoms with van der Waals surface area (Å²) in [5.41, 5.74) is 14.4. The predicted molar refractivity (Wildman–Crippen MR) is 58.8 cm³/mol. The fourth-order valence-electron chi connectivity index (χ4n) is 1.20. The van der Waals surface area contributed by atoms with Crippen LogP contribution in [0.25, 0.3) is 11.1 Å². The highest BCUT2D eigenvalue weighted by Crippen LogP contribution is 2.20. The van der Waals surface area contributed by atoms with Gasteiger partial charge in [0.1, 0.15) is 0 Å². The van der Waals surface area contributed by atoms with Crippen molar-refractivity contribution in [1.29, 1.82) is 0 Å². The van der Waals surface area contributed by atoms with Crippen LogP contribution < -0.4 is 11.5 Å². The summed E-state index contributed by atoms with van der Waals surface area (Å²) in [7, 11) is 0. The third-order valence-corrected chi connectivity index (χ3v) is 2.13. The molecule has 0 unspecified atom stereocenters. The van der Waals surface area contributed by atoms with Crippen molar-refractivity contribution in [3.05, 3.63) is 30.4 Å². The second-order valence-corrected chi connectivity index (χ2v) is 3.23. The minimum Gasteiger partial charge on any atom is -0.397 e. The van der Waals surface area contributed by atoms with Crippen molar-refractivity contribution >= 4 is 11.6 Å². The van der Waals surface area contributed by atoms with Gasteiger partial charge >= 0.3 is 0 Å². The Labute approximate surface area is 87.2 Å². The van der Waals surface area contributed by atoms with Gasteiger partial charge in [0.25, 0.3) is 0 Å². The number of pyridine rings is 1. The number of aryl methyl sites for hydroxylation is 1. The molecule has 0 aliphatic rings. The maximum atomic E-state index is 5.76. The molecule has 15 heavy (non-hydrogen) atoms. The van der Waals surface area contributed by atoms with E-state index in [1.165, 1.54) is 0 Å². The third-order valence-electron chi connectivity index (χ3n) is 2.13. The van der Waals surface area contributed by atoms with Gasteiger partial charge in [0.2, 0.25) is 5.95 Å². The molecular formula is C10H11N5. The molecule has 0 saturated carbocycles. The average Bonchev–Trinajstić information content (AvgIpc) is 2.23. The summed E-state index contributed by atoms with van der Waals surface area (Å²) in [5.74, 6) is 0.256. The van der Waals surface area contributed by atoms with E-state index in [9.17, 15) is 0 Å². The SMILES string of the molecule is Cc1ncc(-c2cnc(N)nc2)cc1N. The van der Waals surface area contributed by atoms with Gasteiger partial charge in [0.05, 0.1) is 11.4 Å². The molecule has 0 aromatic carbocycles. The van der Waals surface area contributed by atoms with Gasteiger partial charge in [0.15, 0.2) is 0 Å². The van der Waals surface area contributed by atoms with E-state index in [1.807, 2.05) is 13.0 Å². The van der Waals surface area contributed by atoms with Crippen LogP contribution in [0.2, 0.25) is 0 Å². The molecule has 0 fully saturated rings. The van der Waals surface area contributed by atoms with Crippen LogP contribution in [-0.2, 0) is 0 Å². The van der Waals surface area contributed by atoms with Crippen molar-refractivity contribution in [3.63, 3.8) is 0 Å². The zero-order valence-corrected chi connectivity index (χ0v) is 8.31. The van der Waals surface area contributed by atoms with E-state index < -0.39 is 0 Å². The highest BCUT2D eigenvalue weighted by atomic mass is 15.0. The minimum absolute atomic E-state index is 0.256. The lowest BCUT2D eigenvalue weighted by Crippen LogP contribution is -1.96. The number of anilines is 2. The largest absolute Gasteiger partial charge is 0.397 e. The molecule has 0 bridgehead atoms. The summed E-state index contributed by atoms with van der Waals surface area (Å²) in [6.45, 7) is 1.86. The van der Waals surface area contributed by atoms with Gasteiger partial charge in [-0.25, -0.2) is 9.97 Å². The Hall–Kier alpha value is -2.17. The minimum atomic E-state index is 0.256. The quantitative estimate of drug-likeness (QED) is 0.718. The second kappa shape index (κ2) is 3.53. The molecule has 0 atom stereocenters. The van der Waals surface area contributed by atoms with E-state index in [4.69, 9.17) is 11.5 Å². The Morgan fingerprint density at radius 2 is 1.53 bits per heavy atom. The number of nitrogens with two attached hydrogens (primary N) is 2. The third kappa shape index (κ3) is 1.85.